The van der Waals surface area contributed by atoms with Gasteiger partial charge in [0, 0.05) is 31.0 Å². The summed E-state index contributed by atoms with van der Waals surface area (Å²) in [5.41, 5.74) is 5.68. The number of hydrogen-bond acceptors (Lipinski definition) is 3. The van der Waals surface area contributed by atoms with Crippen LogP contribution in [0.3, 0.4) is 0 Å². The van der Waals surface area contributed by atoms with E-state index in [1.807, 2.05) is 13.8 Å². The fourth-order valence-corrected chi connectivity index (χ4v) is 2.04. The highest BCUT2D eigenvalue weighted by Gasteiger charge is 2.18. The zero-order chi connectivity index (χ0) is 12.7. The van der Waals surface area contributed by atoms with Crippen molar-refractivity contribution in [3.05, 3.63) is 0 Å². The predicted octanol–water partition coefficient (Wildman–Crippen LogP) is 1.29. The first-order valence-electron chi connectivity index (χ1n) is 6.70. The van der Waals surface area contributed by atoms with Crippen molar-refractivity contribution < 1.29 is 9.53 Å². The molecule has 3 atom stereocenters. The molecule has 1 aliphatic heterocycles. The van der Waals surface area contributed by atoms with E-state index in [-0.39, 0.29) is 17.9 Å². The number of ether oxygens (including phenoxy) is 1. The predicted molar refractivity (Wildman–Crippen MR) is 68.6 cm³/mol. The zero-order valence-electron chi connectivity index (χ0n) is 11.1. The fourth-order valence-electron chi connectivity index (χ4n) is 2.04. The second kappa shape index (κ2) is 7.67. The van der Waals surface area contributed by atoms with Crippen LogP contribution in [0.2, 0.25) is 0 Å². The molecule has 3 unspecified atom stereocenters. The molecule has 4 heteroatoms. The lowest BCUT2D eigenvalue weighted by atomic mass is 10.0. The molecule has 0 aromatic heterocycles. The molecule has 0 spiro atoms. The van der Waals surface area contributed by atoms with Crippen LogP contribution in [0.4, 0.5) is 0 Å². The highest BCUT2D eigenvalue weighted by atomic mass is 16.5. The maximum absolute atomic E-state index is 11.8. The first kappa shape index (κ1) is 14.5. The number of rotatable bonds is 7. The summed E-state index contributed by atoms with van der Waals surface area (Å²) in [6.07, 6.45) is 4.01. The molecule has 0 radical (unpaired) electrons. The molecule has 4 nitrogen and oxygen atoms in total. The third-order valence-corrected chi connectivity index (χ3v) is 3.33. The van der Waals surface area contributed by atoms with E-state index in [4.69, 9.17) is 10.5 Å². The number of carbonyl (C=O) groups is 1. The molecule has 17 heavy (non-hydrogen) atoms. The van der Waals surface area contributed by atoms with Gasteiger partial charge in [-0.05, 0) is 26.2 Å². The van der Waals surface area contributed by atoms with Gasteiger partial charge in [0.2, 0.25) is 5.91 Å². The van der Waals surface area contributed by atoms with E-state index in [9.17, 15) is 4.79 Å². The lowest BCUT2D eigenvalue weighted by Gasteiger charge is -2.14. The Balaban J connectivity index is 2.08. The number of hydrogen-bond donors (Lipinski definition) is 2. The molecule has 1 aliphatic rings. The Morgan fingerprint density at radius 3 is 2.82 bits per heavy atom. The summed E-state index contributed by atoms with van der Waals surface area (Å²) in [6.45, 7) is 6.38. The van der Waals surface area contributed by atoms with Crippen molar-refractivity contribution >= 4 is 5.91 Å². The highest BCUT2D eigenvalue weighted by molar-refractivity contribution is 5.78. The van der Waals surface area contributed by atoms with Crippen molar-refractivity contribution in [1.82, 2.24) is 5.32 Å². The molecule has 0 bridgehead atoms. The van der Waals surface area contributed by atoms with Crippen LogP contribution in [0.1, 0.15) is 39.5 Å². The molecule has 1 amide bonds. The van der Waals surface area contributed by atoms with E-state index in [2.05, 4.69) is 5.32 Å². The van der Waals surface area contributed by atoms with Gasteiger partial charge in [-0.1, -0.05) is 13.3 Å². The molecule has 1 heterocycles. The summed E-state index contributed by atoms with van der Waals surface area (Å²) in [5.74, 6) is 0.771. The molecule has 0 aromatic carbocycles. The Kier molecular flexibility index (Phi) is 6.52. The van der Waals surface area contributed by atoms with Gasteiger partial charge >= 0.3 is 0 Å². The third-order valence-electron chi connectivity index (χ3n) is 3.33. The lowest BCUT2D eigenvalue weighted by molar-refractivity contribution is -0.124. The molecular formula is C13H26N2O2. The van der Waals surface area contributed by atoms with Crippen molar-refractivity contribution in [3.63, 3.8) is 0 Å². The zero-order valence-corrected chi connectivity index (χ0v) is 11.1. The third kappa shape index (κ3) is 6.03. The van der Waals surface area contributed by atoms with Crippen LogP contribution in [0.5, 0.6) is 0 Å². The highest BCUT2D eigenvalue weighted by Crippen LogP contribution is 2.12. The van der Waals surface area contributed by atoms with Gasteiger partial charge in [-0.2, -0.15) is 0 Å². The Morgan fingerprint density at radius 2 is 2.24 bits per heavy atom. The van der Waals surface area contributed by atoms with E-state index in [0.29, 0.717) is 5.92 Å². The van der Waals surface area contributed by atoms with Crippen molar-refractivity contribution in [1.29, 1.82) is 0 Å². The van der Waals surface area contributed by atoms with Gasteiger partial charge in [0.05, 0.1) is 6.61 Å². The molecule has 0 saturated carbocycles. The second-order valence-electron chi connectivity index (χ2n) is 5.28. The molecule has 1 saturated heterocycles. The first-order valence-corrected chi connectivity index (χ1v) is 6.70. The maximum Gasteiger partial charge on any atom is 0.222 e. The summed E-state index contributed by atoms with van der Waals surface area (Å²) in [5, 5.41) is 3.01. The quantitative estimate of drug-likeness (QED) is 0.707. The smallest absolute Gasteiger partial charge is 0.222 e. The van der Waals surface area contributed by atoms with Gasteiger partial charge in [-0.15, -0.1) is 0 Å². The number of amides is 1. The minimum Gasteiger partial charge on any atom is -0.381 e. The van der Waals surface area contributed by atoms with Crippen molar-refractivity contribution in [3.8, 4) is 0 Å². The molecular weight excluding hydrogens is 216 g/mol. The molecule has 3 N–H and O–H groups in total. The van der Waals surface area contributed by atoms with Gasteiger partial charge in [0.25, 0.3) is 0 Å². The Bertz CT molecular complexity index is 225. The minimum atomic E-state index is 0.0936. The SMILES string of the molecule is CC(N)CCCC(C)C(=O)NCC1CCOC1. The van der Waals surface area contributed by atoms with Gasteiger partial charge < -0.3 is 15.8 Å². The summed E-state index contributed by atoms with van der Waals surface area (Å²) in [4.78, 5) is 11.8. The topological polar surface area (TPSA) is 64.4 Å². The van der Waals surface area contributed by atoms with Crippen molar-refractivity contribution in [2.24, 2.45) is 17.6 Å². The number of nitrogens with two attached hydrogens (primary N) is 1. The largest absolute Gasteiger partial charge is 0.381 e. The van der Waals surface area contributed by atoms with Crippen LogP contribution in [0.25, 0.3) is 0 Å². The average Bonchev–Trinajstić information content (AvgIpc) is 2.78. The Labute approximate surface area is 104 Å². The van der Waals surface area contributed by atoms with Crippen LogP contribution < -0.4 is 11.1 Å². The number of nitrogens with one attached hydrogen (secondary N) is 1. The Morgan fingerprint density at radius 1 is 1.47 bits per heavy atom. The van der Waals surface area contributed by atoms with Crippen LogP contribution in [-0.4, -0.2) is 31.7 Å². The van der Waals surface area contributed by atoms with Crippen LogP contribution in [-0.2, 0) is 9.53 Å². The van der Waals surface area contributed by atoms with E-state index in [1.165, 1.54) is 0 Å². The van der Waals surface area contributed by atoms with E-state index >= 15 is 0 Å². The normalized spacial score (nSPS) is 23.4. The first-order chi connectivity index (χ1) is 8.09. The fraction of sp³-hybridized carbons (Fsp3) is 0.923. The van der Waals surface area contributed by atoms with Gasteiger partial charge in [-0.3, -0.25) is 4.79 Å². The van der Waals surface area contributed by atoms with Crippen LogP contribution >= 0.6 is 0 Å². The Hall–Kier alpha value is -0.610. The minimum absolute atomic E-state index is 0.0936. The standard InChI is InChI=1S/C13H26N2O2/c1-10(4-3-5-11(2)14)13(16)15-8-12-6-7-17-9-12/h10-12H,3-9,14H2,1-2H3,(H,15,16). The molecule has 1 fully saturated rings. The monoisotopic (exact) mass is 242 g/mol. The van der Waals surface area contributed by atoms with Gasteiger partial charge in [0.15, 0.2) is 0 Å². The summed E-state index contributed by atoms with van der Waals surface area (Å²) >= 11 is 0. The lowest BCUT2D eigenvalue weighted by Crippen LogP contribution is -2.33. The summed E-state index contributed by atoms with van der Waals surface area (Å²) in [6, 6.07) is 0.237. The summed E-state index contributed by atoms with van der Waals surface area (Å²) in [7, 11) is 0. The maximum atomic E-state index is 11.8. The van der Waals surface area contributed by atoms with Gasteiger partial charge in [0.1, 0.15) is 0 Å². The van der Waals surface area contributed by atoms with Crippen LogP contribution in [0, 0.1) is 11.8 Å². The van der Waals surface area contributed by atoms with Crippen molar-refractivity contribution in [2.75, 3.05) is 19.8 Å². The van der Waals surface area contributed by atoms with Crippen molar-refractivity contribution in [2.45, 2.75) is 45.6 Å². The molecule has 0 aromatic rings. The molecule has 0 aliphatic carbocycles. The molecule has 100 valence electrons. The van der Waals surface area contributed by atoms with Crippen LogP contribution in [0.15, 0.2) is 0 Å². The number of carbonyl (C=O) groups excluding carboxylic acids is 1. The summed E-state index contributed by atoms with van der Waals surface area (Å²) < 4.78 is 5.28. The second-order valence-corrected chi connectivity index (χ2v) is 5.28. The average molecular weight is 242 g/mol. The van der Waals surface area contributed by atoms with E-state index < -0.39 is 0 Å². The molecule has 1 rings (SSSR count). The van der Waals surface area contributed by atoms with E-state index in [0.717, 1.165) is 45.4 Å². The van der Waals surface area contributed by atoms with E-state index in [1.54, 1.807) is 0 Å². The van der Waals surface area contributed by atoms with Gasteiger partial charge in [-0.25, -0.2) is 0 Å².